The third kappa shape index (κ3) is 9.46. The van der Waals surface area contributed by atoms with Gasteiger partial charge in [-0.05, 0) is 61.7 Å². The number of benzene rings is 2. The van der Waals surface area contributed by atoms with Crippen LogP contribution in [0.1, 0.15) is 37.0 Å². The zero-order valence-electron chi connectivity index (χ0n) is 19.3. The maximum atomic E-state index is 12.8. The Morgan fingerprint density at radius 3 is 2.63 bits per heavy atom. The molecular weight excluding hydrogens is 454 g/mol. The van der Waals surface area contributed by atoms with Crippen LogP contribution in [0.2, 0.25) is 0 Å². The molecule has 2 aromatic carbocycles. The quantitative estimate of drug-likeness (QED) is 0.192. The molecule has 2 rings (SSSR count). The van der Waals surface area contributed by atoms with E-state index in [-0.39, 0.29) is 13.2 Å². The van der Waals surface area contributed by atoms with E-state index in [1.807, 2.05) is 13.0 Å². The lowest BCUT2D eigenvalue weighted by molar-refractivity contribution is -0.124. The highest BCUT2D eigenvalue weighted by Gasteiger charge is 2.28. The van der Waals surface area contributed by atoms with Gasteiger partial charge in [0, 0.05) is 18.4 Å². The molecule has 0 aliphatic heterocycles. The Morgan fingerprint density at radius 1 is 1.20 bits per heavy atom. The number of nitriles is 1. The highest BCUT2D eigenvalue weighted by Crippen LogP contribution is 2.30. The second kappa shape index (κ2) is 15.1. The van der Waals surface area contributed by atoms with Crippen molar-refractivity contribution in [3.05, 3.63) is 71.8 Å². The lowest BCUT2D eigenvalue weighted by Crippen LogP contribution is -2.29. The number of anilines is 1. The van der Waals surface area contributed by atoms with E-state index in [1.54, 1.807) is 54.6 Å². The van der Waals surface area contributed by atoms with Crippen molar-refractivity contribution in [3.63, 3.8) is 0 Å². The first-order valence-corrected chi connectivity index (χ1v) is 11.0. The van der Waals surface area contributed by atoms with Crippen LogP contribution in [0.25, 0.3) is 0 Å². The number of hydrogen-bond acceptors (Lipinski definition) is 8. The van der Waals surface area contributed by atoms with Gasteiger partial charge in [-0.15, -0.1) is 0 Å². The van der Waals surface area contributed by atoms with Crippen molar-refractivity contribution >= 4 is 17.7 Å². The van der Waals surface area contributed by atoms with Gasteiger partial charge in [0.25, 0.3) is 5.91 Å². The van der Waals surface area contributed by atoms with E-state index in [9.17, 15) is 9.59 Å². The van der Waals surface area contributed by atoms with E-state index in [2.05, 4.69) is 5.32 Å². The van der Waals surface area contributed by atoms with Gasteiger partial charge >= 0.3 is 6.09 Å². The summed E-state index contributed by atoms with van der Waals surface area (Å²) in [6.45, 7) is 2.13. The molecule has 0 aromatic heterocycles. The van der Waals surface area contributed by atoms with Crippen LogP contribution in [0.5, 0.6) is 5.75 Å². The van der Waals surface area contributed by atoms with Crippen molar-refractivity contribution in [3.8, 4) is 11.8 Å². The van der Waals surface area contributed by atoms with E-state index < -0.39 is 24.2 Å². The fourth-order valence-electron chi connectivity index (χ4n) is 3.22. The van der Waals surface area contributed by atoms with E-state index in [0.717, 1.165) is 0 Å². The molecule has 0 aliphatic rings. The van der Waals surface area contributed by atoms with Gasteiger partial charge in [-0.25, -0.2) is 10.3 Å². The summed E-state index contributed by atoms with van der Waals surface area (Å²) in [4.78, 5) is 24.0. The number of hydrogen-bond donors (Lipinski definition) is 4. The van der Waals surface area contributed by atoms with E-state index in [0.29, 0.717) is 42.0 Å². The van der Waals surface area contributed by atoms with Crippen molar-refractivity contribution in [1.29, 1.82) is 5.26 Å². The van der Waals surface area contributed by atoms with E-state index >= 15 is 0 Å². The second-order valence-electron chi connectivity index (χ2n) is 7.23. The summed E-state index contributed by atoms with van der Waals surface area (Å²) >= 11 is 0. The number of amides is 2. The minimum atomic E-state index is -0.828. The van der Waals surface area contributed by atoms with Gasteiger partial charge in [-0.3, -0.25) is 15.3 Å². The molecule has 0 spiro atoms. The highest BCUT2D eigenvalue weighted by molar-refractivity contribution is 5.86. The number of rotatable bonds is 13. The first-order chi connectivity index (χ1) is 17.0. The molecule has 35 heavy (non-hydrogen) atoms. The van der Waals surface area contributed by atoms with Crippen LogP contribution in [0, 0.1) is 11.3 Å². The smallest absolute Gasteiger partial charge is 0.412 e. The molecule has 0 fully saturated rings. The molecule has 0 saturated carbocycles. The summed E-state index contributed by atoms with van der Waals surface area (Å²) in [7, 11) is 0. The molecule has 4 N–H and O–H groups in total. The van der Waals surface area contributed by atoms with Crippen molar-refractivity contribution in [2.75, 3.05) is 25.1 Å². The zero-order chi connectivity index (χ0) is 25.5. The van der Waals surface area contributed by atoms with Crippen LogP contribution in [-0.4, -0.2) is 48.2 Å². The predicted molar refractivity (Wildman–Crippen MR) is 127 cm³/mol. The first kappa shape index (κ1) is 27.3. The summed E-state index contributed by atoms with van der Waals surface area (Å²) in [5.41, 5.74) is 3.06. The Balaban J connectivity index is 2.25. The Hall–Kier alpha value is -3.91. The zero-order valence-corrected chi connectivity index (χ0v) is 19.3. The molecule has 10 nitrogen and oxygen atoms in total. The second-order valence-corrected chi connectivity index (χ2v) is 7.23. The summed E-state index contributed by atoms with van der Waals surface area (Å²) in [6, 6.07) is 15.3. The van der Waals surface area contributed by atoms with Gasteiger partial charge in [0.15, 0.2) is 6.10 Å². The third-order valence-electron chi connectivity index (χ3n) is 4.76. The van der Waals surface area contributed by atoms with Crippen LogP contribution < -0.4 is 15.5 Å². The van der Waals surface area contributed by atoms with Gasteiger partial charge in [-0.2, -0.15) is 5.26 Å². The minimum Gasteiger partial charge on any atom is -0.491 e. The summed E-state index contributed by atoms with van der Waals surface area (Å²) in [5.74, 6) is -0.159. The Bertz CT molecular complexity index is 1020. The highest BCUT2D eigenvalue weighted by atomic mass is 16.6. The number of aliphatic hydroxyl groups excluding tert-OH is 1. The van der Waals surface area contributed by atoms with Crippen LogP contribution in [0.4, 0.5) is 10.5 Å². The Kier molecular flexibility index (Phi) is 11.8. The predicted octanol–water partition coefficient (Wildman–Crippen LogP) is 3.47. The number of carbonyl (C=O) groups is 2. The number of nitrogens with zero attached hydrogens (tertiary/aromatic N) is 1. The van der Waals surface area contributed by atoms with Gasteiger partial charge in [0.05, 0.1) is 24.3 Å². The molecule has 2 amide bonds. The van der Waals surface area contributed by atoms with Crippen molar-refractivity contribution in [2.24, 2.45) is 0 Å². The molecule has 0 unspecified atom stereocenters. The van der Waals surface area contributed by atoms with Gasteiger partial charge < -0.3 is 19.3 Å². The van der Waals surface area contributed by atoms with Crippen LogP contribution in [0.15, 0.2) is 60.7 Å². The van der Waals surface area contributed by atoms with E-state index in [1.165, 1.54) is 11.6 Å². The van der Waals surface area contributed by atoms with E-state index in [4.69, 9.17) is 29.8 Å². The number of aliphatic hydroxyl groups is 1. The third-order valence-corrected chi connectivity index (χ3v) is 4.76. The summed E-state index contributed by atoms with van der Waals surface area (Å²) in [5, 5.41) is 29.2. The summed E-state index contributed by atoms with van der Waals surface area (Å²) < 4.78 is 17.2. The lowest BCUT2D eigenvalue weighted by Gasteiger charge is -2.27. The fourth-order valence-corrected chi connectivity index (χ4v) is 3.22. The van der Waals surface area contributed by atoms with Crippen molar-refractivity contribution < 1.29 is 34.1 Å². The van der Waals surface area contributed by atoms with Gasteiger partial charge in [0.1, 0.15) is 12.4 Å². The molecule has 0 saturated heterocycles. The average Bonchev–Trinajstić information content (AvgIpc) is 2.88. The molecular formula is C25H29N3O7. The molecule has 0 aliphatic carbocycles. The molecule has 2 atom stereocenters. The molecule has 0 heterocycles. The fraction of sp³-hybridized carbons (Fsp3) is 0.320. The number of allylic oxidation sites excluding steroid dienone is 1. The molecule has 0 radical (unpaired) electrons. The maximum Gasteiger partial charge on any atom is 0.412 e. The van der Waals surface area contributed by atoms with Crippen LogP contribution >= 0.6 is 0 Å². The number of hydroxylamine groups is 1. The monoisotopic (exact) mass is 483 g/mol. The standard InChI is InChI=1S/C25H29N3O7/c1-2-33-22(8-3-4-9-23(30)28-32)24(19-6-5-7-21(16-19)34-15-14-29)35-25(31)27-20-12-10-18(17-26)11-13-20/h4-7,9-13,16,22,24,29,32H,2-3,8,14-15H2,1H3,(H,27,31)(H,28,30)/b9-4+/t22-,24-/m0/s1. The maximum absolute atomic E-state index is 12.8. The average molecular weight is 484 g/mol. The van der Waals surface area contributed by atoms with Crippen LogP contribution in [0.3, 0.4) is 0 Å². The Labute approximate surface area is 203 Å². The minimum absolute atomic E-state index is 0.112. The van der Waals surface area contributed by atoms with Crippen LogP contribution in [-0.2, 0) is 14.3 Å². The molecule has 186 valence electrons. The number of ether oxygens (including phenoxy) is 3. The normalized spacial score (nSPS) is 12.4. The Morgan fingerprint density at radius 2 is 1.97 bits per heavy atom. The SMILES string of the molecule is CCO[C@@H](CC/C=C/C(=O)NO)[C@@H](OC(=O)Nc1ccc(C#N)cc1)c1cccc(OCCO)c1. The number of carbonyl (C=O) groups excluding carboxylic acids is 2. The van der Waals surface area contributed by atoms with Gasteiger partial charge in [-0.1, -0.05) is 18.2 Å². The first-order valence-electron chi connectivity index (χ1n) is 11.0. The molecule has 2 aromatic rings. The van der Waals surface area contributed by atoms with Gasteiger partial charge in [0.2, 0.25) is 0 Å². The lowest BCUT2D eigenvalue weighted by atomic mass is 10.00. The molecule has 0 bridgehead atoms. The topological polar surface area (TPSA) is 150 Å². The van der Waals surface area contributed by atoms with Crippen molar-refractivity contribution in [2.45, 2.75) is 32.0 Å². The summed E-state index contributed by atoms with van der Waals surface area (Å²) in [6.07, 6.45) is 1.47. The van der Waals surface area contributed by atoms with Crippen molar-refractivity contribution in [1.82, 2.24) is 5.48 Å². The number of nitrogens with one attached hydrogen (secondary N) is 2. The largest absolute Gasteiger partial charge is 0.491 e. The molecule has 10 heteroatoms.